The molecule has 0 saturated carbocycles. The molecule has 0 radical (unpaired) electrons. The molecule has 114 valence electrons. The standard InChI is InChI=1S/C15H25NO4/c1-4-11(7-8-17)16-10-14(18)13-9-12(19-2)5-6-15(13)20-3/h5-6,9,11,14,16-18H,4,7-8,10H2,1-3H3. The second-order valence-corrected chi connectivity index (χ2v) is 4.65. The average Bonchev–Trinajstić information content (AvgIpc) is 2.50. The predicted octanol–water partition coefficient (Wildman–Crippen LogP) is 1.49. The molecule has 0 fully saturated rings. The second-order valence-electron chi connectivity index (χ2n) is 4.65. The lowest BCUT2D eigenvalue weighted by atomic mass is 10.1. The van der Waals surface area contributed by atoms with E-state index in [1.807, 2.05) is 6.92 Å². The molecule has 0 aliphatic heterocycles. The van der Waals surface area contributed by atoms with Gasteiger partial charge in [0.1, 0.15) is 11.5 Å². The maximum atomic E-state index is 10.3. The summed E-state index contributed by atoms with van der Waals surface area (Å²) in [5, 5.41) is 22.5. The highest BCUT2D eigenvalue weighted by atomic mass is 16.5. The number of aliphatic hydroxyl groups excluding tert-OH is 2. The third kappa shape index (κ3) is 4.67. The summed E-state index contributed by atoms with van der Waals surface area (Å²) < 4.78 is 10.4. The zero-order chi connectivity index (χ0) is 15.0. The maximum absolute atomic E-state index is 10.3. The molecule has 2 unspecified atom stereocenters. The zero-order valence-electron chi connectivity index (χ0n) is 12.4. The summed E-state index contributed by atoms with van der Waals surface area (Å²) in [5.74, 6) is 1.32. The number of methoxy groups -OCH3 is 2. The third-order valence-corrected chi connectivity index (χ3v) is 3.37. The van der Waals surface area contributed by atoms with E-state index in [2.05, 4.69) is 5.32 Å². The Morgan fingerprint density at radius 1 is 1.25 bits per heavy atom. The van der Waals surface area contributed by atoms with E-state index in [0.29, 0.717) is 30.0 Å². The largest absolute Gasteiger partial charge is 0.497 e. The van der Waals surface area contributed by atoms with Gasteiger partial charge in [-0.25, -0.2) is 0 Å². The lowest BCUT2D eigenvalue weighted by molar-refractivity contribution is 0.160. The first-order valence-corrected chi connectivity index (χ1v) is 6.90. The summed E-state index contributed by atoms with van der Waals surface area (Å²) in [7, 11) is 3.16. The van der Waals surface area contributed by atoms with Gasteiger partial charge in [0.15, 0.2) is 0 Å². The van der Waals surface area contributed by atoms with Gasteiger partial charge in [0.2, 0.25) is 0 Å². The van der Waals surface area contributed by atoms with E-state index in [0.717, 1.165) is 6.42 Å². The molecule has 1 aromatic carbocycles. The van der Waals surface area contributed by atoms with E-state index in [1.54, 1.807) is 32.4 Å². The smallest absolute Gasteiger partial charge is 0.124 e. The number of ether oxygens (including phenoxy) is 2. The minimum Gasteiger partial charge on any atom is -0.497 e. The van der Waals surface area contributed by atoms with Gasteiger partial charge in [-0.3, -0.25) is 0 Å². The molecule has 3 N–H and O–H groups in total. The zero-order valence-corrected chi connectivity index (χ0v) is 12.4. The third-order valence-electron chi connectivity index (χ3n) is 3.37. The Morgan fingerprint density at radius 2 is 2.00 bits per heavy atom. The van der Waals surface area contributed by atoms with Gasteiger partial charge in [0, 0.05) is 24.8 Å². The highest BCUT2D eigenvalue weighted by molar-refractivity contribution is 5.41. The van der Waals surface area contributed by atoms with Crippen LogP contribution in [-0.4, -0.2) is 43.6 Å². The van der Waals surface area contributed by atoms with Gasteiger partial charge >= 0.3 is 0 Å². The fourth-order valence-corrected chi connectivity index (χ4v) is 2.09. The first-order valence-electron chi connectivity index (χ1n) is 6.90. The fraction of sp³-hybridized carbons (Fsp3) is 0.600. The highest BCUT2D eigenvalue weighted by Crippen LogP contribution is 2.29. The van der Waals surface area contributed by atoms with Crippen molar-refractivity contribution in [3.05, 3.63) is 23.8 Å². The first kappa shape index (κ1) is 16.8. The molecule has 0 aliphatic rings. The molecule has 0 bridgehead atoms. The molecule has 5 nitrogen and oxygen atoms in total. The van der Waals surface area contributed by atoms with E-state index in [1.165, 1.54) is 0 Å². The molecule has 0 heterocycles. The van der Waals surface area contributed by atoms with Crippen LogP contribution in [0.2, 0.25) is 0 Å². The van der Waals surface area contributed by atoms with Crippen LogP contribution >= 0.6 is 0 Å². The van der Waals surface area contributed by atoms with Gasteiger partial charge < -0.3 is 25.0 Å². The van der Waals surface area contributed by atoms with Crippen molar-refractivity contribution in [2.75, 3.05) is 27.4 Å². The molecule has 0 saturated heterocycles. The Morgan fingerprint density at radius 3 is 2.55 bits per heavy atom. The summed E-state index contributed by atoms with van der Waals surface area (Å²) in [6.45, 7) is 2.60. The normalized spacial score (nSPS) is 13.8. The van der Waals surface area contributed by atoms with Crippen LogP contribution in [0, 0.1) is 0 Å². The number of hydrogen-bond acceptors (Lipinski definition) is 5. The number of rotatable bonds is 9. The molecule has 0 aliphatic carbocycles. The van der Waals surface area contributed by atoms with Crippen molar-refractivity contribution in [2.45, 2.75) is 31.9 Å². The Kier molecular flexibility index (Phi) is 7.36. The van der Waals surface area contributed by atoms with Crippen molar-refractivity contribution in [3.63, 3.8) is 0 Å². The Labute approximate surface area is 120 Å². The van der Waals surface area contributed by atoms with Crippen molar-refractivity contribution in [1.82, 2.24) is 5.32 Å². The maximum Gasteiger partial charge on any atom is 0.124 e. The molecule has 1 rings (SSSR count). The van der Waals surface area contributed by atoms with Gasteiger partial charge in [-0.1, -0.05) is 6.92 Å². The molecular formula is C15H25NO4. The SMILES string of the molecule is CCC(CCO)NCC(O)c1cc(OC)ccc1OC. The van der Waals surface area contributed by atoms with Gasteiger partial charge in [-0.2, -0.15) is 0 Å². The average molecular weight is 283 g/mol. The van der Waals surface area contributed by atoms with Gasteiger partial charge in [-0.15, -0.1) is 0 Å². The molecule has 0 aromatic heterocycles. The van der Waals surface area contributed by atoms with E-state index < -0.39 is 6.10 Å². The summed E-state index contributed by atoms with van der Waals surface area (Å²) in [4.78, 5) is 0. The second kappa shape index (κ2) is 8.79. The quantitative estimate of drug-likeness (QED) is 0.640. The summed E-state index contributed by atoms with van der Waals surface area (Å²) in [5.41, 5.74) is 0.693. The van der Waals surface area contributed by atoms with E-state index >= 15 is 0 Å². The van der Waals surface area contributed by atoms with Crippen LogP contribution in [0.3, 0.4) is 0 Å². The van der Waals surface area contributed by atoms with Crippen molar-refractivity contribution in [2.24, 2.45) is 0 Å². The van der Waals surface area contributed by atoms with Crippen LogP contribution in [0.5, 0.6) is 11.5 Å². The van der Waals surface area contributed by atoms with Crippen LogP contribution in [0.15, 0.2) is 18.2 Å². The van der Waals surface area contributed by atoms with E-state index in [9.17, 15) is 5.11 Å². The highest BCUT2D eigenvalue weighted by Gasteiger charge is 2.16. The Hall–Kier alpha value is -1.30. The van der Waals surface area contributed by atoms with Gasteiger partial charge in [0.25, 0.3) is 0 Å². The van der Waals surface area contributed by atoms with Crippen LogP contribution in [0.4, 0.5) is 0 Å². The van der Waals surface area contributed by atoms with E-state index in [-0.39, 0.29) is 12.6 Å². The number of nitrogens with one attached hydrogen (secondary N) is 1. The number of aliphatic hydroxyl groups is 2. The lowest BCUT2D eigenvalue weighted by Crippen LogP contribution is -2.33. The van der Waals surface area contributed by atoms with E-state index in [4.69, 9.17) is 14.6 Å². The fourth-order valence-electron chi connectivity index (χ4n) is 2.09. The molecule has 0 spiro atoms. The van der Waals surface area contributed by atoms with Crippen molar-refractivity contribution in [1.29, 1.82) is 0 Å². The number of hydrogen-bond donors (Lipinski definition) is 3. The monoisotopic (exact) mass is 283 g/mol. The van der Waals surface area contributed by atoms with Crippen molar-refractivity contribution in [3.8, 4) is 11.5 Å². The molecule has 1 aromatic rings. The number of benzene rings is 1. The summed E-state index contributed by atoms with van der Waals surface area (Å²) >= 11 is 0. The Bertz CT molecular complexity index is 397. The minimum absolute atomic E-state index is 0.143. The van der Waals surface area contributed by atoms with Crippen LogP contribution in [0.1, 0.15) is 31.4 Å². The van der Waals surface area contributed by atoms with Crippen molar-refractivity contribution >= 4 is 0 Å². The summed E-state index contributed by atoms with van der Waals surface area (Å²) in [6.07, 6.45) is 0.897. The molecule has 5 heteroatoms. The topological polar surface area (TPSA) is 71.0 Å². The predicted molar refractivity (Wildman–Crippen MR) is 78.3 cm³/mol. The van der Waals surface area contributed by atoms with Crippen molar-refractivity contribution < 1.29 is 19.7 Å². The lowest BCUT2D eigenvalue weighted by Gasteiger charge is -2.20. The molecular weight excluding hydrogens is 258 g/mol. The van der Waals surface area contributed by atoms with Gasteiger partial charge in [-0.05, 0) is 31.0 Å². The Balaban J connectivity index is 2.72. The summed E-state index contributed by atoms with van der Waals surface area (Å²) in [6, 6.07) is 5.55. The van der Waals surface area contributed by atoms with Crippen LogP contribution in [0.25, 0.3) is 0 Å². The molecule has 20 heavy (non-hydrogen) atoms. The first-order chi connectivity index (χ1) is 9.65. The van der Waals surface area contributed by atoms with Crippen LogP contribution in [-0.2, 0) is 0 Å². The van der Waals surface area contributed by atoms with Crippen LogP contribution < -0.4 is 14.8 Å². The molecule has 0 amide bonds. The molecule has 2 atom stereocenters. The minimum atomic E-state index is -0.687. The van der Waals surface area contributed by atoms with Gasteiger partial charge in [0.05, 0.1) is 20.3 Å².